The smallest absolute Gasteiger partial charge is 0.305 e. The van der Waals surface area contributed by atoms with E-state index >= 15 is 0 Å². The maximum atomic E-state index is 12.9. The van der Waals surface area contributed by atoms with E-state index < -0.39 is 23.9 Å². The van der Waals surface area contributed by atoms with Crippen molar-refractivity contribution in [2.45, 2.75) is 18.6 Å². The molecule has 3 N–H and O–H groups in total. The SMILES string of the molecule is CN(C)CCNC(CC(=O)O)C(O)c1ccc(F)cc1. The maximum absolute atomic E-state index is 12.9. The summed E-state index contributed by atoms with van der Waals surface area (Å²) in [5.74, 6) is -1.38. The number of nitrogens with one attached hydrogen (secondary N) is 1. The van der Waals surface area contributed by atoms with Gasteiger partial charge in [-0.1, -0.05) is 12.1 Å². The molecule has 0 aromatic heterocycles. The lowest BCUT2D eigenvalue weighted by Gasteiger charge is -2.24. The minimum absolute atomic E-state index is 0.202. The van der Waals surface area contributed by atoms with Gasteiger partial charge in [0.2, 0.25) is 0 Å². The zero-order valence-corrected chi connectivity index (χ0v) is 11.7. The summed E-state index contributed by atoms with van der Waals surface area (Å²) in [6, 6.07) is 4.80. The molecule has 1 aromatic carbocycles. The van der Waals surface area contributed by atoms with E-state index in [-0.39, 0.29) is 6.42 Å². The lowest BCUT2D eigenvalue weighted by atomic mass is 9.99. The van der Waals surface area contributed by atoms with Crippen molar-refractivity contribution in [3.8, 4) is 0 Å². The Bertz CT molecular complexity index is 423. The number of carboxylic acids is 1. The van der Waals surface area contributed by atoms with Gasteiger partial charge in [-0.2, -0.15) is 0 Å². The minimum atomic E-state index is -0.992. The molecule has 0 amide bonds. The van der Waals surface area contributed by atoms with Crippen molar-refractivity contribution in [2.75, 3.05) is 27.2 Å². The molecular formula is C14H21FN2O3. The fourth-order valence-electron chi connectivity index (χ4n) is 1.85. The van der Waals surface area contributed by atoms with E-state index in [1.807, 2.05) is 19.0 Å². The van der Waals surface area contributed by atoms with Gasteiger partial charge in [-0.15, -0.1) is 0 Å². The van der Waals surface area contributed by atoms with Crippen LogP contribution in [0.4, 0.5) is 4.39 Å². The summed E-state index contributed by atoms with van der Waals surface area (Å²) in [6.07, 6.45) is -1.19. The number of aliphatic hydroxyl groups excluding tert-OH is 1. The second-order valence-corrected chi connectivity index (χ2v) is 4.96. The highest BCUT2D eigenvalue weighted by Gasteiger charge is 2.23. The zero-order valence-electron chi connectivity index (χ0n) is 11.7. The second kappa shape index (κ2) is 7.94. The van der Waals surface area contributed by atoms with Crippen LogP contribution in [0, 0.1) is 5.82 Å². The molecule has 0 saturated carbocycles. The number of aliphatic hydroxyl groups is 1. The summed E-state index contributed by atoms with van der Waals surface area (Å²) >= 11 is 0. The summed E-state index contributed by atoms with van der Waals surface area (Å²) in [5.41, 5.74) is 0.495. The Hall–Kier alpha value is -1.50. The van der Waals surface area contributed by atoms with Crippen LogP contribution in [0.1, 0.15) is 18.1 Å². The monoisotopic (exact) mass is 284 g/mol. The molecule has 0 aliphatic heterocycles. The molecule has 2 atom stereocenters. The van der Waals surface area contributed by atoms with Gasteiger partial charge in [-0.3, -0.25) is 4.79 Å². The number of carboxylic acid groups (broad SMARTS) is 1. The molecule has 0 saturated heterocycles. The second-order valence-electron chi connectivity index (χ2n) is 4.96. The third-order valence-electron chi connectivity index (χ3n) is 2.95. The quantitative estimate of drug-likeness (QED) is 0.660. The number of nitrogens with zero attached hydrogens (tertiary/aromatic N) is 1. The first kappa shape index (κ1) is 16.6. The van der Waals surface area contributed by atoms with Crippen molar-refractivity contribution < 1.29 is 19.4 Å². The van der Waals surface area contributed by atoms with Crippen molar-refractivity contribution in [1.29, 1.82) is 0 Å². The van der Waals surface area contributed by atoms with Crippen molar-refractivity contribution >= 4 is 5.97 Å². The molecule has 112 valence electrons. The Labute approximate surface area is 118 Å². The minimum Gasteiger partial charge on any atom is -0.481 e. The van der Waals surface area contributed by atoms with Crippen molar-refractivity contribution in [3.05, 3.63) is 35.6 Å². The van der Waals surface area contributed by atoms with Crippen LogP contribution in [0.15, 0.2) is 24.3 Å². The molecule has 0 heterocycles. The van der Waals surface area contributed by atoms with Gasteiger partial charge in [0.05, 0.1) is 12.5 Å². The molecule has 0 bridgehead atoms. The van der Waals surface area contributed by atoms with E-state index in [1.165, 1.54) is 24.3 Å². The average molecular weight is 284 g/mol. The Balaban J connectivity index is 2.70. The van der Waals surface area contributed by atoms with Crippen LogP contribution in [0.3, 0.4) is 0 Å². The Morgan fingerprint density at radius 1 is 1.35 bits per heavy atom. The average Bonchev–Trinajstić information content (AvgIpc) is 2.37. The summed E-state index contributed by atoms with van der Waals surface area (Å²) in [7, 11) is 3.81. The van der Waals surface area contributed by atoms with Crippen LogP contribution in [-0.4, -0.2) is 54.3 Å². The maximum Gasteiger partial charge on any atom is 0.305 e. The summed E-state index contributed by atoms with van der Waals surface area (Å²) in [5, 5.41) is 22.2. The van der Waals surface area contributed by atoms with Crippen LogP contribution < -0.4 is 5.32 Å². The largest absolute Gasteiger partial charge is 0.481 e. The third-order valence-corrected chi connectivity index (χ3v) is 2.95. The number of aliphatic carboxylic acids is 1. The fourth-order valence-corrected chi connectivity index (χ4v) is 1.85. The van der Waals surface area contributed by atoms with E-state index in [1.54, 1.807) is 0 Å². The first-order chi connectivity index (χ1) is 9.40. The first-order valence-corrected chi connectivity index (χ1v) is 6.43. The molecule has 0 aliphatic rings. The van der Waals surface area contributed by atoms with E-state index in [0.29, 0.717) is 12.1 Å². The van der Waals surface area contributed by atoms with Crippen molar-refractivity contribution in [1.82, 2.24) is 10.2 Å². The highest BCUT2D eigenvalue weighted by atomic mass is 19.1. The molecule has 20 heavy (non-hydrogen) atoms. The summed E-state index contributed by atoms with van der Waals surface area (Å²) in [4.78, 5) is 12.8. The van der Waals surface area contributed by atoms with Gasteiger partial charge in [0, 0.05) is 19.1 Å². The van der Waals surface area contributed by atoms with E-state index in [2.05, 4.69) is 5.32 Å². The first-order valence-electron chi connectivity index (χ1n) is 6.43. The normalized spacial score (nSPS) is 14.2. The van der Waals surface area contributed by atoms with Gasteiger partial charge in [0.1, 0.15) is 5.82 Å². The number of hydrogen-bond acceptors (Lipinski definition) is 4. The molecule has 0 spiro atoms. The molecule has 2 unspecified atom stereocenters. The standard InChI is InChI=1S/C14H21FN2O3/c1-17(2)8-7-16-12(9-13(18)19)14(20)10-3-5-11(15)6-4-10/h3-6,12,14,16,20H,7-9H2,1-2H3,(H,18,19). The van der Waals surface area contributed by atoms with Crippen LogP contribution in [0.2, 0.25) is 0 Å². The Morgan fingerprint density at radius 2 is 1.95 bits per heavy atom. The van der Waals surface area contributed by atoms with Crippen LogP contribution in [0.5, 0.6) is 0 Å². The van der Waals surface area contributed by atoms with E-state index in [9.17, 15) is 14.3 Å². The Morgan fingerprint density at radius 3 is 2.45 bits per heavy atom. The summed E-state index contributed by atoms with van der Waals surface area (Å²) < 4.78 is 12.9. The van der Waals surface area contributed by atoms with Gasteiger partial charge in [0.25, 0.3) is 0 Å². The molecule has 0 radical (unpaired) electrons. The van der Waals surface area contributed by atoms with Crippen LogP contribution in [0.25, 0.3) is 0 Å². The van der Waals surface area contributed by atoms with Gasteiger partial charge < -0.3 is 20.4 Å². The molecule has 6 heteroatoms. The fraction of sp³-hybridized carbons (Fsp3) is 0.500. The summed E-state index contributed by atoms with van der Waals surface area (Å²) in [6.45, 7) is 1.29. The lowest BCUT2D eigenvalue weighted by Crippen LogP contribution is -2.40. The lowest BCUT2D eigenvalue weighted by molar-refractivity contribution is -0.138. The van der Waals surface area contributed by atoms with E-state index in [4.69, 9.17) is 5.11 Å². The number of carbonyl (C=O) groups is 1. The number of rotatable bonds is 8. The molecule has 0 aliphatic carbocycles. The highest BCUT2D eigenvalue weighted by Crippen LogP contribution is 2.19. The van der Waals surface area contributed by atoms with Gasteiger partial charge in [-0.05, 0) is 31.8 Å². The van der Waals surface area contributed by atoms with Crippen LogP contribution in [-0.2, 0) is 4.79 Å². The van der Waals surface area contributed by atoms with Gasteiger partial charge >= 0.3 is 5.97 Å². The van der Waals surface area contributed by atoms with E-state index in [0.717, 1.165) is 6.54 Å². The molecular weight excluding hydrogens is 263 g/mol. The predicted molar refractivity (Wildman–Crippen MR) is 74.0 cm³/mol. The van der Waals surface area contributed by atoms with Gasteiger partial charge in [-0.25, -0.2) is 4.39 Å². The molecule has 1 aromatic rings. The topological polar surface area (TPSA) is 72.8 Å². The third kappa shape index (κ3) is 5.64. The number of hydrogen-bond donors (Lipinski definition) is 3. The number of halogens is 1. The number of benzene rings is 1. The van der Waals surface area contributed by atoms with Crippen molar-refractivity contribution in [3.63, 3.8) is 0 Å². The Kier molecular flexibility index (Phi) is 6.57. The van der Waals surface area contributed by atoms with Crippen LogP contribution >= 0.6 is 0 Å². The van der Waals surface area contributed by atoms with Gasteiger partial charge in [0.15, 0.2) is 0 Å². The molecule has 0 fully saturated rings. The highest BCUT2D eigenvalue weighted by molar-refractivity contribution is 5.67. The molecule has 1 rings (SSSR count). The molecule has 5 nitrogen and oxygen atoms in total. The van der Waals surface area contributed by atoms with Crippen molar-refractivity contribution in [2.24, 2.45) is 0 Å². The number of likely N-dealkylation sites (N-methyl/N-ethyl adjacent to an activating group) is 1. The zero-order chi connectivity index (χ0) is 15.1. The predicted octanol–water partition coefficient (Wildman–Crippen LogP) is 0.854.